The number of anilines is 2. The number of hydrogen-bond acceptors (Lipinski definition) is 2. The first-order valence-corrected chi connectivity index (χ1v) is 8.07. The van der Waals surface area contributed by atoms with Crippen LogP contribution in [0.15, 0.2) is 66.7 Å². The van der Waals surface area contributed by atoms with Crippen molar-refractivity contribution in [3.63, 3.8) is 0 Å². The lowest BCUT2D eigenvalue weighted by Gasteiger charge is -2.10. The first-order chi connectivity index (χ1) is 10.7. The summed E-state index contributed by atoms with van der Waals surface area (Å²) in [6.07, 6.45) is 0. The summed E-state index contributed by atoms with van der Waals surface area (Å²) in [6.45, 7) is 0.239. The molecule has 3 aromatic carbocycles. The van der Waals surface area contributed by atoms with Crippen molar-refractivity contribution in [2.45, 2.75) is 0 Å². The van der Waals surface area contributed by atoms with Gasteiger partial charge in [0.15, 0.2) is 0 Å². The van der Waals surface area contributed by atoms with Crippen molar-refractivity contribution in [1.29, 1.82) is 0 Å². The molecule has 0 heterocycles. The van der Waals surface area contributed by atoms with Gasteiger partial charge >= 0.3 is 0 Å². The fraction of sp³-hybridized carbons (Fsp3) is 0.0556. The number of hydrogen-bond donors (Lipinski definition) is 2. The zero-order valence-electron chi connectivity index (χ0n) is 11.8. The quantitative estimate of drug-likeness (QED) is 0.632. The fourth-order valence-corrected chi connectivity index (χ4v) is 2.85. The standard InChI is InChI=1S/C18H15IN2O/c19-14-7-4-8-15(11-14)20-12-18(22)21-17-10-3-6-13-5-1-2-9-16(13)17/h1-11,20H,12H2,(H,21,22). The molecule has 0 aliphatic heterocycles. The molecule has 0 bridgehead atoms. The second-order valence-corrected chi connectivity index (χ2v) is 6.18. The smallest absolute Gasteiger partial charge is 0.243 e. The maximum atomic E-state index is 12.1. The van der Waals surface area contributed by atoms with Crippen molar-refractivity contribution in [2.24, 2.45) is 0 Å². The van der Waals surface area contributed by atoms with Crippen molar-refractivity contribution in [2.75, 3.05) is 17.2 Å². The van der Waals surface area contributed by atoms with Gasteiger partial charge < -0.3 is 10.6 Å². The summed E-state index contributed by atoms with van der Waals surface area (Å²) in [4.78, 5) is 12.1. The van der Waals surface area contributed by atoms with Crippen LogP contribution in [0, 0.1) is 3.57 Å². The summed E-state index contributed by atoms with van der Waals surface area (Å²) in [5, 5.41) is 8.27. The Morgan fingerprint density at radius 1 is 0.955 bits per heavy atom. The van der Waals surface area contributed by atoms with Gasteiger partial charge in [-0.05, 0) is 52.2 Å². The van der Waals surface area contributed by atoms with Crippen LogP contribution in [0.3, 0.4) is 0 Å². The first kappa shape index (κ1) is 14.8. The topological polar surface area (TPSA) is 41.1 Å². The molecule has 110 valence electrons. The number of nitrogens with one attached hydrogen (secondary N) is 2. The Bertz CT molecular complexity index is 812. The number of benzene rings is 3. The zero-order valence-corrected chi connectivity index (χ0v) is 14.0. The molecule has 0 aliphatic rings. The highest BCUT2D eigenvalue weighted by atomic mass is 127. The van der Waals surface area contributed by atoms with Gasteiger partial charge in [-0.3, -0.25) is 4.79 Å². The average Bonchev–Trinajstić information content (AvgIpc) is 2.53. The number of carbonyl (C=O) groups excluding carboxylic acids is 1. The van der Waals surface area contributed by atoms with Gasteiger partial charge in [-0.2, -0.15) is 0 Å². The number of carbonyl (C=O) groups is 1. The number of amides is 1. The van der Waals surface area contributed by atoms with E-state index in [9.17, 15) is 4.79 Å². The van der Waals surface area contributed by atoms with E-state index in [0.29, 0.717) is 0 Å². The molecule has 22 heavy (non-hydrogen) atoms. The van der Waals surface area contributed by atoms with E-state index in [2.05, 4.69) is 33.2 Å². The van der Waals surface area contributed by atoms with Crippen molar-refractivity contribution in [3.05, 3.63) is 70.3 Å². The minimum absolute atomic E-state index is 0.0600. The van der Waals surface area contributed by atoms with E-state index in [4.69, 9.17) is 0 Å². The van der Waals surface area contributed by atoms with Crippen LogP contribution in [-0.4, -0.2) is 12.5 Å². The number of rotatable bonds is 4. The summed E-state index contributed by atoms with van der Waals surface area (Å²) in [6, 6.07) is 21.9. The lowest BCUT2D eigenvalue weighted by Crippen LogP contribution is -2.21. The summed E-state index contributed by atoms with van der Waals surface area (Å²) in [7, 11) is 0. The molecule has 0 aliphatic carbocycles. The van der Waals surface area contributed by atoms with E-state index >= 15 is 0 Å². The summed E-state index contributed by atoms with van der Waals surface area (Å²) in [5.74, 6) is -0.0600. The van der Waals surface area contributed by atoms with E-state index in [1.807, 2.05) is 66.7 Å². The molecule has 0 unspecified atom stereocenters. The largest absolute Gasteiger partial charge is 0.376 e. The highest BCUT2D eigenvalue weighted by Crippen LogP contribution is 2.22. The molecule has 0 fully saturated rings. The Labute approximate surface area is 142 Å². The highest BCUT2D eigenvalue weighted by Gasteiger charge is 2.05. The fourth-order valence-electron chi connectivity index (χ4n) is 2.31. The van der Waals surface area contributed by atoms with Crippen LogP contribution in [0.5, 0.6) is 0 Å². The van der Waals surface area contributed by atoms with Gasteiger partial charge in [-0.15, -0.1) is 0 Å². The molecule has 3 aromatic rings. The number of halogens is 1. The molecule has 0 saturated carbocycles. The molecule has 3 rings (SSSR count). The third-order valence-corrected chi connectivity index (χ3v) is 4.01. The molecular weight excluding hydrogens is 387 g/mol. The van der Waals surface area contributed by atoms with Crippen LogP contribution in [0.2, 0.25) is 0 Å². The van der Waals surface area contributed by atoms with Gasteiger partial charge in [-0.25, -0.2) is 0 Å². The normalized spacial score (nSPS) is 10.4. The minimum atomic E-state index is -0.0600. The Balaban J connectivity index is 1.68. The van der Waals surface area contributed by atoms with Crippen molar-refractivity contribution in [1.82, 2.24) is 0 Å². The van der Waals surface area contributed by atoms with Crippen molar-refractivity contribution < 1.29 is 4.79 Å². The molecular formula is C18H15IN2O. The van der Waals surface area contributed by atoms with Gasteiger partial charge in [0.1, 0.15) is 0 Å². The minimum Gasteiger partial charge on any atom is -0.376 e. The molecule has 0 spiro atoms. The third kappa shape index (κ3) is 3.57. The van der Waals surface area contributed by atoms with Crippen LogP contribution in [0.4, 0.5) is 11.4 Å². The van der Waals surface area contributed by atoms with Gasteiger partial charge in [-0.1, -0.05) is 42.5 Å². The molecule has 0 radical (unpaired) electrons. The van der Waals surface area contributed by atoms with Crippen molar-refractivity contribution in [3.8, 4) is 0 Å². The average molecular weight is 402 g/mol. The van der Waals surface area contributed by atoms with E-state index in [1.54, 1.807) is 0 Å². The third-order valence-electron chi connectivity index (χ3n) is 3.34. The zero-order chi connectivity index (χ0) is 15.4. The van der Waals surface area contributed by atoms with E-state index in [1.165, 1.54) is 0 Å². The maximum Gasteiger partial charge on any atom is 0.243 e. The van der Waals surface area contributed by atoms with Crippen LogP contribution in [-0.2, 0) is 4.79 Å². The second kappa shape index (κ2) is 6.79. The molecule has 4 heteroatoms. The Kier molecular flexibility index (Phi) is 4.58. The predicted octanol–water partition coefficient (Wildman–Crippen LogP) is 4.50. The SMILES string of the molecule is O=C(CNc1cccc(I)c1)Nc1cccc2ccccc12. The van der Waals surface area contributed by atoms with E-state index in [0.717, 1.165) is 25.7 Å². The monoisotopic (exact) mass is 402 g/mol. The Hall–Kier alpha value is -2.08. The summed E-state index contributed by atoms with van der Waals surface area (Å²) < 4.78 is 1.14. The van der Waals surface area contributed by atoms with Gasteiger partial charge in [0.25, 0.3) is 0 Å². The Morgan fingerprint density at radius 3 is 2.59 bits per heavy atom. The predicted molar refractivity (Wildman–Crippen MR) is 100 cm³/mol. The molecule has 0 saturated heterocycles. The molecule has 2 N–H and O–H groups in total. The second-order valence-electron chi connectivity index (χ2n) is 4.94. The van der Waals surface area contributed by atoms with Crippen molar-refractivity contribution >= 4 is 50.6 Å². The Morgan fingerprint density at radius 2 is 1.73 bits per heavy atom. The first-order valence-electron chi connectivity index (χ1n) is 6.99. The number of fused-ring (bicyclic) bond motifs is 1. The maximum absolute atomic E-state index is 12.1. The highest BCUT2D eigenvalue weighted by molar-refractivity contribution is 14.1. The lowest BCUT2D eigenvalue weighted by atomic mass is 10.1. The van der Waals surface area contributed by atoms with Crippen LogP contribution >= 0.6 is 22.6 Å². The van der Waals surface area contributed by atoms with Gasteiger partial charge in [0, 0.05) is 20.3 Å². The van der Waals surface area contributed by atoms with Crippen LogP contribution < -0.4 is 10.6 Å². The summed E-state index contributed by atoms with van der Waals surface area (Å²) in [5.41, 5.74) is 1.78. The van der Waals surface area contributed by atoms with Crippen LogP contribution in [0.1, 0.15) is 0 Å². The lowest BCUT2D eigenvalue weighted by molar-refractivity contribution is -0.114. The van der Waals surface area contributed by atoms with Gasteiger partial charge in [0.2, 0.25) is 5.91 Å². The van der Waals surface area contributed by atoms with Crippen LogP contribution in [0.25, 0.3) is 10.8 Å². The van der Waals surface area contributed by atoms with E-state index in [-0.39, 0.29) is 12.5 Å². The molecule has 0 aromatic heterocycles. The molecule has 3 nitrogen and oxygen atoms in total. The van der Waals surface area contributed by atoms with Gasteiger partial charge in [0.05, 0.1) is 6.54 Å². The summed E-state index contributed by atoms with van der Waals surface area (Å²) >= 11 is 2.25. The van der Waals surface area contributed by atoms with E-state index < -0.39 is 0 Å². The molecule has 1 amide bonds. The molecule has 0 atom stereocenters.